The zero-order chi connectivity index (χ0) is 17.3. The summed E-state index contributed by atoms with van der Waals surface area (Å²) in [6.45, 7) is 2.42. The molecule has 2 heterocycles. The number of hydrogen-bond donors (Lipinski definition) is 2. The maximum absolute atomic E-state index is 13.9. The molecular weight excluding hydrogens is 335 g/mol. The van der Waals surface area contributed by atoms with Crippen LogP contribution >= 0.6 is 11.8 Å². The molecule has 8 nitrogen and oxygen atoms in total. The fourth-order valence-corrected chi connectivity index (χ4v) is 3.13. The predicted molar refractivity (Wildman–Crippen MR) is 86.0 cm³/mol. The van der Waals surface area contributed by atoms with Crippen LogP contribution in [-0.4, -0.2) is 50.1 Å². The fourth-order valence-electron chi connectivity index (χ4n) is 2.29. The zero-order valence-electron chi connectivity index (χ0n) is 12.8. The van der Waals surface area contributed by atoms with Crippen molar-refractivity contribution >= 4 is 23.7 Å². The van der Waals surface area contributed by atoms with Crippen LogP contribution in [-0.2, 0) is 4.79 Å². The topological polar surface area (TPSA) is 106 Å². The van der Waals surface area contributed by atoms with Crippen LogP contribution in [0.25, 0.3) is 11.4 Å². The van der Waals surface area contributed by atoms with Gasteiger partial charge in [0.1, 0.15) is 5.82 Å². The van der Waals surface area contributed by atoms with Crippen molar-refractivity contribution in [2.45, 2.75) is 17.3 Å². The second-order valence-electron chi connectivity index (χ2n) is 5.14. The zero-order valence-corrected chi connectivity index (χ0v) is 13.6. The summed E-state index contributed by atoms with van der Waals surface area (Å²) in [5.74, 6) is 5.29. The Hall–Kier alpha value is -2.62. The first-order chi connectivity index (χ1) is 11.5. The van der Waals surface area contributed by atoms with Crippen molar-refractivity contribution in [3.05, 3.63) is 30.1 Å². The molecule has 1 aromatic heterocycles. The summed E-state index contributed by atoms with van der Waals surface area (Å²) in [4.78, 5) is 25.0. The molecule has 3 rings (SSSR count). The number of nitrogens with one attached hydrogen (secondary N) is 1. The monoisotopic (exact) mass is 350 g/mol. The van der Waals surface area contributed by atoms with Gasteiger partial charge in [0.15, 0.2) is 5.82 Å². The molecule has 126 valence electrons. The Labute approximate surface area is 141 Å². The number of halogens is 1. The van der Waals surface area contributed by atoms with Crippen molar-refractivity contribution in [3.63, 3.8) is 0 Å². The standard InChI is InChI=1S/C14H15FN6O2S/c1-8(12(22)20-7-6-17-13(20)23)24-14-19-18-11(21(14)16)9-4-2-3-5-10(9)15/h2-5,8H,6-7,16H2,1H3,(H,17,23)/t8-/m1/s1. The van der Waals surface area contributed by atoms with Crippen LogP contribution in [0.3, 0.4) is 0 Å². The molecular formula is C14H15FN6O2S. The van der Waals surface area contributed by atoms with Gasteiger partial charge in [-0.25, -0.2) is 13.9 Å². The number of hydrogen-bond acceptors (Lipinski definition) is 6. The normalized spacial score (nSPS) is 15.4. The smallest absolute Gasteiger partial charge is 0.324 e. The minimum Gasteiger partial charge on any atom is -0.336 e. The van der Waals surface area contributed by atoms with E-state index in [4.69, 9.17) is 5.84 Å². The average molecular weight is 350 g/mol. The molecule has 1 atom stereocenters. The first-order valence-electron chi connectivity index (χ1n) is 7.20. The fraction of sp³-hybridized carbons (Fsp3) is 0.286. The molecule has 3 amide bonds. The minimum atomic E-state index is -0.589. The predicted octanol–water partition coefficient (Wildman–Crippen LogP) is 0.830. The molecule has 2 aromatic rings. The van der Waals surface area contributed by atoms with E-state index in [0.717, 1.165) is 21.3 Å². The molecule has 0 saturated carbocycles. The van der Waals surface area contributed by atoms with E-state index in [2.05, 4.69) is 15.5 Å². The highest BCUT2D eigenvalue weighted by atomic mass is 32.2. The number of nitrogens with zero attached hydrogens (tertiary/aromatic N) is 4. The summed E-state index contributed by atoms with van der Waals surface area (Å²) in [5, 5.41) is 10.0. The van der Waals surface area contributed by atoms with Gasteiger partial charge in [-0.15, -0.1) is 10.2 Å². The third-order valence-electron chi connectivity index (χ3n) is 3.53. The van der Waals surface area contributed by atoms with E-state index in [9.17, 15) is 14.0 Å². The summed E-state index contributed by atoms with van der Waals surface area (Å²) >= 11 is 1.06. The van der Waals surface area contributed by atoms with E-state index in [-0.39, 0.29) is 22.5 Å². The lowest BCUT2D eigenvalue weighted by Gasteiger charge is -2.16. The van der Waals surface area contributed by atoms with Crippen LogP contribution in [0.1, 0.15) is 6.92 Å². The number of benzene rings is 1. The van der Waals surface area contributed by atoms with Crippen molar-refractivity contribution < 1.29 is 14.0 Å². The Morgan fingerprint density at radius 1 is 1.42 bits per heavy atom. The second-order valence-corrected chi connectivity index (χ2v) is 6.45. The van der Waals surface area contributed by atoms with Gasteiger partial charge in [-0.05, 0) is 19.1 Å². The Kier molecular flexibility index (Phi) is 4.38. The second kappa shape index (κ2) is 6.48. The van der Waals surface area contributed by atoms with Gasteiger partial charge < -0.3 is 11.2 Å². The van der Waals surface area contributed by atoms with E-state index >= 15 is 0 Å². The first kappa shape index (κ1) is 16.2. The molecule has 24 heavy (non-hydrogen) atoms. The van der Waals surface area contributed by atoms with E-state index in [1.54, 1.807) is 25.1 Å². The van der Waals surface area contributed by atoms with Crippen molar-refractivity contribution in [2.75, 3.05) is 18.9 Å². The van der Waals surface area contributed by atoms with Crippen LogP contribution in [0.2, 0.25) is 0 Å². The molecule has 0 spiro atoms. The lowest BCUT2D eigenvalue weighted by molar-refractivity contribution is -0.126. The Balaban J connectivity index is 1.78. The molecule has 1 saturated heterocycles. The van der Waals surface area contributed by atoms with Gasteiger partial charge >= 0.3 is 6.03 Å². The largest absolute Gasteiger partial charge is 0.336 e. The third-order valence-corrected chi connectivity index (χ3v) is 4.58. The molecule has 1 aliphatic heterocycles. The minimum absolute atomic E-state index is 0.161. The van der Waals surface area contributed by atoms with E-state index in [1.807, 2.05) is 0 Å². The lowest BCUT2D eigenvalue weighted by atomic mass is 10.2. The van der Waals surface area contributed by atoms with Crippen molar-refractivity contribution in [1.82, 2.24) is 25.1 Å². The molecule has 10 heteroatoms. The highest BCUT2D eigenvalue weighted by Crippen LogP contribution is 2.27. The lowest BCUT2D eigenvalue weighted by Crippen LogP contribution is -2.39. The quantitative estimate of drug-likeness (QED) is 0.625. The molecule has 3 N–H and O–H groups in total. The van der Waals surface area contributed by atoms with Gasteiger partial charge in [0.2, 0.25) is 11.1 Å². The molecule has 0 radical (unpaired) electrons. The number of thioether (sulfide) groups is 1. The van der Waals surface area contributed by atoms with Crippen molar-refractivity contribution in [2.24, 2.45) is 0 Å². The Bertz CT molecular complexity index is 795. The van der Waals surface area contributed by atoms with E-state index < -0.39 is 17.1 Å². The number of amides is 3. The maximum Gasteiger partial charge on any atom is 0.324 e. The van der Waals surface area contributed by atoms with Crippen LogP contribution in [0.15, 0.2) is 29.4 Å². The van der Waals surface area contributed by atoms with Crippen LogP contribution in [0.5, 0.6) is 0 Å². The van der Waals surface area contributed by atoms with E-state index in [1.165, 1.54) is 6.07 Å². The maximum atomic E-state index is 13.9. The molecule has 0 unspecified atom stereocenters. The van der Waals surface area contributed by atoms with E-state index in [0.29, 0.717) is 13.1 Å². The first-order valence-corrected chi connectivity index (χ1v) is 8.08. The summed E-state index contributed by atoms with van der Waals surface area (Å²) in [6.07, 6.45) is 0. The Morgan fingerprint density at radius 2 is 2.17 bits per heavy atom. The number of carbonyl (C=O) groups excluding carboxylic acids is 2. The van der Waals surface area contributed by atoms with Crippen LogP contribution in [0, 0.1) is 5.82 Å². The van der Waals surface area contributed by atoms with Gasteiger partial charge in [-0.3, -0.25) is 9.69 Å². The number of urea groups is 1. The summed E-state index contributed by atoms with van der Waals surface area (Å²) in [6, 6.07) is 5.66. The SMILES string of the molecule is C[C@@H](Sc1nnc(-c2ccccc2F)n1N)C(=O)N1CCNC1=O. The number of imide groups is 1. The molecule has 1 aromatic carbocycles. The number of carbonyl (C=O) groups is 2. The number of nitrogen functional groups attached to an aromatic ring is 1. The van der Waals surface area contributed by atoms with Gasteiger partial charge in [0, 0.05) is 13.1 Å². The summed E-state index contributed by atoms with van der Waals surface area (Å²) < 4.78 is 15.0. The molecule has 0 bridgehead atoms. The van der Waals surface area contributed by atoms with Gasteiger partial charge in [-0.1, -0.05) is 23.9 Å². The molecule has 0 aliphatic carbocycles. The van der Waals surface area contributed by atoms with Crippen molar-refractivity contribution in [3.8, 4) is 11.4 Å². The van der Waals surface area contributed by atoms with Crippen molar-refractivity contribution in [1.29, 1.82) is 0 Å². The number of aromatic nitrogens is 3. The van der Waals surface area contributed by atoms with Gasteiger partial charge in [0.25, 0.3) is 0 Å². The average Bonchev–Trinajstić information content (AvgIpc) is 3.14. The van der Waals surface area contributed by atoms with Gasteiger partial charge in [-0.2, -0.15) is 0 Å². The highest BCUT2D eigenvalue weighted by molar-refractivity contribution is 8.00. The number of nitrogens with two attached hydrogens (primary N) is 1. The molecule has 1 aliphatic rings. The third kappa shape index (κ3) is 2.92. The van der Waals surface area contributed by atoms with Gasteiger partial charge in [0.05, 0.1) is 10.8 Å². The highest BCUT2D eigenvalue weighted by Gasteiger charge is 2.31. The Morgan fingerprint density at radius 3 is 2.83 bits per heavy atom. The van der Waals surface area contributed by atoms with Crippen LogP contribution < -0.4 is 11.2 Å². The molecule has 1 fully saturated rings. The number of rotatable bonds is 4. The van der Waals surface area contributed by atoms with Crippen LogP contribution in [0.4, 0.5) is 9.18 Å². The summed E-state index contributed by atoms with van der Waals surface area (Å²) in [5.41, 5.74) is 0.220. The summed E-state index contributed by atoms with van der Waals surface area (Å²) in [7, 11) is 0.